The maximum Gasteiger partial charge on any atom is 0.122 e. The van der Waals surface area contributed by atoms with E-state index in [1.807, 2.05) is 6.92 Å². The van der Waals surface area contributed by atoms with Crippen molar-refractivity contribution in [1.82, 2.24) is 5.01 Å². The molecule has 0 N–H and O–H groups in total. The van der Waals surface area contributed by atoms with Gasteiger partial charge in [0.1, 0.15) is 4.87 Å². The first-order chi connectivity index (χ1) is 5.66. The van der Waals surface area contributed by atoms with E-state index >= 15 is 0 Å². The van der Waals surface area contributed by atoms with Gasteiger partial charge in [-0.1, -0.05) is 11.8 Å². The van der Waals surface area contributed by atoms with E-state index in [1.165, 1.54) is 0 Å². The van der Waals surface area contributed by atoms with Crippen LogP contribution in [0.4, 0.5) is 0 Å². The molecule has 12 heavy (non-hydrogen) atoms. The molecule has 2 atom stereocenters. The fraction of sp³-hybridized carbons (Fsp3) is 0.750. The molecular formula is C8H11N3S. The van der Waals surface area contributed by atoms with Crippen LogP contribution < -0.4 is 0 Å². The lowest BCUT2D eigenvalue weighted by atomic mass is 10.0. The molecule has 2 rings (SSSR count). The molecule has 0 unspecified atom stereocenters. The summed E-state index contributed by atoms with van der Waals surface area (Å²) in [4.78, 5) is -0.0706. The molecule has 1 saturated heterocycles. The van der Waals surface area contributed by atoms with E-state index in [4.69, 9.17) is 5.26 Å². The van der Waals surface area contributed by atoms with Gasteiger partial charge in [0.05, 0.1) is 17.0 Å². The Bertz CT molecular complexity index is 281. The Labute approximate surface area is 76.4 Å². The van der Waals surface area contributed by atoms with Crippen molar-refractivity contribution in [2.75, 3.05) is 6.54 Å². The van der Waals surface area contributed by atoms with Crippen molar-refractivity contribution in [2.24, 2.45) is 11.0 Å². The van der Waals surface area contributed by atoms with E-state index in [0.29, 0.717) is 0 Å². The van der Waals surface area contributed by atoms with Gasteiger partial charge >= 0.3 is 0 Å². The number of hydrazone groups is 1. The van der Waals surface area contributed by atoms with E-state index in [0.717, 1.165) is 18.0 Å². The van der Waals surface area contributed by atoms with Gasteiger partial charge in [-0.2, -0.15) is 10.4 Å². The van der Waals surface area contributed by atoms with E-state index in [9.17, 15) is 0 Å². The topological polar surface area (TPSA) is 39.4 Å². The Morgan fingerprint density at radius 3 is 3.25 bits per heavy atom. The molecule has 64 valence electrons. The SMILES string of the molecule is CC1=NN2CC[C@@H](C#N)[C@]2(C)S1. The van der Waals surface area contributed by atoms with Gasteiger partial charge in [0.25, 0.3) is 0 Å². The van der Waals surface area contributed by atoms with Gasteiger partial charge < -0.3 is 0 Å². The number of hydrogen-bond donors (Lipinski definition) is 0. The number of rotatable bonds is 0. The van der Waals surface area contributed by atoms with Crippen LogP contribution in [-0.2, 0) is 0 Å². The molecule has 0 bridgehead atoms. The minimum absolute atomic E-state index is 0.0706. The fourth-order valence-electron chi connectivity index (χ4n) is 1.87. The molecule has 2 heterocycles. The molecule has 0 aromatic rings. The largest absolute Gasteiger partial charge is 0.279 e. The second kappa shape index (κ2) is 2.40. The summed E-state index contributed by atoms with van der Waals surface area (Å²) >= 11 is 1.72. The van der Waals surface area contributed by atoms with Crippen LogP contribution in [0.5, 0.6) is 0 Å². The molecule has 3 nitrogen and oxygen atoms in total. The monoisotopic (exact) mass is 181 g/mol. The molecule has 0 amide bonds. The van der Waals surface area contributed by atoms with E-state index in [-0.39, 0.29) is 10.8 Å². The number of hydrogen-bond acceptors (Lipinski definition) is 4. The Morgan fingerprint density at radius 1 is 1.83 bits per heavy atom. The summed E-state index contributed by atoms with van der Waals surface area (Å²) < 4.78 is 0. The molecule has 0 saturated carbocycles. The van der Waals surface area contributed by atoms with Crippen LogP contribution in [0.25, 0.3) is 0 Å². The Hall–Kier alpha value is -0.690. The highest BCUT2D eigenvalue weighted by molar-refractivity contribution is 8.15. The van der Waals surface area contributed by atoms with Crippen LogP contribution in [0.2, 0.25) is 0 Å². The first-order valence-corrected chi connectivity index (χ1v) is 4.90. The lowest BCUT2D eigenvalue weighted by Crippen LogP contribution is -2.35. The average Bonchev–Trinajstić information content (AvgIpc) is 2.41. The summed E-state index contributed by atoms with van der Waals surface area (Å²) in [7, 11) is 0. The summed E-state index contributed by atoms with van der Waals surface area (Å²) in [6.45, 7) is 5.04. The lowest BCUT2D eigenvalue weighted by Gasteiger charge is -2.27. The highest BCUT2D eigenvalue weighted by atomic mass is 32.2. The highest BCUT2D eigenvalue weighted by Crippen LogP contribution is 2.47. The zero-order chi connectivity index (χ0) is 8.77. The van der Waals surface area contributed by atoms with Gasteiger partial charge in [0.15, 0.2) is 0 Å². The van der Waals surface area contributed by atoms with Crippen LogP contribution in [0.1, 0.15) is 20.3 Å². The zero-order valence-electron chi connectivity index (χ0n) is 7.24. The van der Waals surface area contributed by atoms with Crippen molar-refractivity contribution in [3.05, 3.63) is 0 Å². The highest BCUT2D eigenvalue weighted by Gasteiger charge is 2.49. The standard InChI is InChI=1S/C8H11N3S/c1-6-10-11-4-3-7(5-9)8(11,2)12-6/h7H,3-4H2,1-2H3/t7-,8-/m0/s1. The maximum atomic E-state index is 8.92. The van der Waals surface area contributed by atoms with Crippen molar-refractivity contribution < 1.29 is 0 Å². The van der Waals surface area contributed by atoms with E-state index in [1.54, 1.807) is 11.8 Å². The van der Waals surface area contributed by atoms with Crippen LogP contribution >= 0.6 is 11.8 Å². The second-order valence-corrected chi connectivity index (χ2v) is 4.99. The zero-order valence-corrected chi connectivity index (χ0v) is 8.06. The number of nitriles is 1. The molecule has 0 spiro atoms. The summed E-state index contributed by atoms with van der Waals surface area (Å²) in [5.74, 6) is 0.128. The molecule has 1 fully saturated rings. The Balaban J connectivity index is 2.29. The first-order valence-electron chi connectivity index (χ1n) is 4.08. The van der Waals surface area contributed by atoms with Gasteiger partial charge in [-0.25, -0.2) is 0 Å². The van der Waals surface area contributed by atoms with Gasteiger partial charge in [0, 0.05) is 6.54 Å². The second-order valence-electron chi connectivity index (χ2n) is 3.37. The third-order valence-corrected chi connectivity index (χ3v) is 3.85. The van der Waals surface area contributed by atoms with Crippen molar-refractivity contribution in [1.29, 1.82) is 5.26 Å². The number of thioether (sulfide) groups is 1. The van der Waals surface area contributed by atoms with E-state index < -0.39 is 0 Å². The summed E-state index contributed by atoms with van der Waals surface area (Å²) in [6, 6.07) is 2.36. The maximum absolute atomic E-state index is 8.92. The van der Waals surface area contributed by atoms with Crippen LogP contribution in [-0.4, -0.2) is 21.5 Å². The van der Waals surface area contributed by atoms with Crippen LogP contribution in [0.3, 0.4) is 0 Å². The Kier molecular flexibility index (Phi) is 1.58. The predicted molar refractivity (Wildman–Crippen MR) is 49.5 cm³/mol. The predicted octanol–water partition coefficient (Wildman–Crippen LogP) is 1.63. The summed E-state index contributed by atoms with van der Waals surface area (Å²) in [6.07, 6.45) is 0.955. The van der Waals surface area contributed by atoms with Gasteiger partial charge in [-0.05, 0) is 20.3 Å². The van der Waals surface area contributed by atoms with E-state index in [2.05, 4.69) is 23.1 Å². The summed E-state index contributed by atoms with van der Waals surface area (Å²) in [5.41, 5.74) is 0. The van der Waals surface area contributed by atoms with Crippen LogP contribution in [0, 0.1) is 17.2 Å². The fourth-order valence-corrected chi connectivity index (χ4v) is 3.16. The third kappa shape index (κ3) is 0.862. The van der Waals surface area contributed by atoms with Gasteiger partial charge in [-0.15, -0.1) is 0 Å². The number of nitrogens with zero attached hydrogens (tertiary/aromatic N) is 3. The molecule has 0 aromatic heterocycles. The summed E-state index contributed by atoms with van der Waals surface area (Å²) in [5, 5.41) is 16.4. The molecular weight excluding hydrogens is 170 g/mol. The van der Waals surface area contributed by atoms with Crippen molar-refractivity contribution in [3.8, 4) is 6.07 Å². The lowest BCUT2D eigenvalue weighted by molar-refractivity contribution is 0.246. The molecule has 0 aliphatic carbocycles. The normalized spacial score (nSPS) is 39.2. The molecule has 2 aliphatic rings. The number of fused-ring (bicyclic) bond motifs is 1. The minimum atomic E-state index is -0.0706. The molecule has 0 aromatic carbocycles. The third-order valence-electron chi connectivity index (χ3n) is 2.56. The van der Waals surface area contributed by atoms with Gasteiger partial charge in [-0.3, -0.25) is 5.01 Å². The Morgan fingerprint density at radius 2 is 2.58 bits per heavy atom. The van der Waals surface area contributed by atoms with Crippen molar-refractivity contribution >= 4 is 16.8 Å². The molecule has 2 aliphatic heterocycles. The van der Waals surface area contributed by atoms with Gasteiger partial charge in [0.2, 0.25) is 0 Å². The first kappa shape index (κ1) is 7.93. The molecule has 4 heteroatoms. The smallest absolute Gasteiger partial charge is 0.122 e. The average molecular weight is 181 g/mol. The van der Waals surface area contributed by atoms with Crippen molar-refractivity contribution in [2.45, 2.75) is 25.1 Å². The quantitative estimate of drug-likeness (QED) is 0.570. The van der Waals surface area contributed by atoms with Crippen molar-refractivity contribution in [3.63, 3.8) is 0 Å². The van der Waals surface area contributed by atoms with Crippen LogP contribution in [0.15, 0.2) is 5.10 Å². The molecule has 0 radical (unpaired) electrons. The minimum Gasteiger partial charge on any atom is -0.279 e.